The summed E-state index contributed by atoms with van der Waals surface area (Å²) in [5, 5.41) is 13.3. The molecule has 1 aliphatic heterocycles. The number of halogens is 1. The van der Waals surface area contributed by atoms with Crippen molar-refractivity contribution in [3.8, 4) is 5.75 Å². The number of ether oxygens (including phenoxy) is 2. The molecule has 1 aliphatic rings. The molecule has 10 heteroatoms. The average molecular weight is 598 g/mol. The van der Waals surface area contributed by atoms with Gasteiger partial charge < -0.3 is 24.8 Å². The first-order chi connectivity index (χ1) is 19.8. The fourth-order valence-corrected chi connectivity index (χ4v) is 6.35. The van der Waals surface area contributed by atoms with Crippen molar-refractivity contribution >= 4 is 46.7 Å². The molecule has 41 heavy (non-hydrogen) atoms. The third-order valence-electron chi connectivity index (χ3n) is 6.91. The van der Waals surface area contributed by atoms with Crippen LogP contribution in [0.15, 0.2) is 77.7 Å². The lowest BCUT2D eigenvalue weighted by Gasteiger charge is -2.36. The molecule has 0 aromatic heterocycles. The largest absolute Gasteiger partial charge is 0.497 e. The van der Waals surface area contributed by atoms with Crippen LogP contribution >= 0.6 is 23.4 Å². The zero-order chi connectivity index (χ0) is 29.2. The monoisotopic (exact) mass is 597 g/mol. The first-order valence-electron chi connectivity index (χ1n) is 13.6. The number of benzene rings is 3. The van der Waals surface area contributed by atoms with Crippen molar-refractivity contribution in [1.82, 2.24) is 4.90 Å². The van der Waals surface area contributed by atoms with E-state index in [9.17, 15) is 14.7 Å². The molecular weight excluding hydrogens is 562 g/mol. The minimum atomic E-state index is -1.40. The number of esters is 1. The van der Waals surface area contributed by atoms with Crippen LogP contribution in [0.2, 0.25) is 5.02 Å². The van der Waals surface area contributed by atoms with Gasteiger partial charge in [0.1, 0.15) is 5.75 Å². The minimum Gasteiger partial charge on any atom is -0.497 e. The average Bonchev–Trinajstić information content (AvgIpc) is 2.98. The highest BCUT2D eigenvalue weighted by molar-refractivity contribution is 7.99. The molecule has 0 bridgehead atoms. The highest BCUT2D eigenvalue weighted by Crippen LogP contribution is 2.43. The van der Waals surface area contributed by atoms with E-state index < -0.39 is 23.3 Å². The van der Waals surface area contributed by atoms with Crippen molar-refractivity contribution < 1.29 is 24.2 Å². The quantitative estimate of drug-likeness (QED) is 0.144. The first kappa shape index (κ1) is 30.6. The number of anilines is 2. The third-order valence-corrected chi connectivity index (χ3v) is 8.51. The molecule has 1 saturated heterocycles. The maximum absolute atomic E-state index is 12.2. The number of hydrogen-bond donors (Lipinski definition) is 2. The van der Waals surface area contributed by atoms with E-state index in [1.807, 2.05) is 12.1 Å². The van der Waals surface area contributed by atoms with Crippen LogP contribution < -0.4 is 15.0 Å². The summed E-state index contributed by atoms with van der Waals surface area (Å²) in [6, 6.07) is 23.1. The Morgan fingerprint density at radius 1 is 1.02 bits per heavy atom. The molecule has 0 aliphatic carbocycles. The van der Waals surface area contributed by atoms with Crippen LogP contribution in [0.3, 0.4) is 0 Å². The standard InChI is InChI=1S/C31H36ClN3O5S/c1-22(36)40-29(31(37)38)30(23-9-12-26(39-2)13-10-23)41-28-21-24(32)11-14-27(28)33-15-6-16-34-17-19-35(20-18-34)25-7-4-3-5-8-25/h3-5,7-14,21,29-30,33H,6,15-20H2,1-2H3,(H,37,38). The molecule has 218 valence electrons. The van der Waals surface area contributed by atoms with Gasteiger partial charge in [-0.2, -0.15) is 0 Å². The Kier molecular flexibility index (Phi) is 11.2. The molecule has 0 radical (unpaired) electrons. The number of hydrogen-bond acceptors (Lipinski definition) is 8. The predicted molar refractivity (Wildman–Crippen MR) is 164 cm³/mol. The van der Waals surface area contributed by atoms with Gasteiger partial charge in [0.05, 0.1) is 12.4 Å². The summed E-state index contributed by atoms with van der Waals surface area (Å²) in [5.41, 5.74) is 2.80. The number of nitrogens with one attached hydrogen (secondary N) is 1. The maximum atomic E-state index is 12.2. The van der Waals surface area contributed by atoms with Crippen LogP contribution in [0, 0.1) is 0 Å². The topological polar surface area (TPSA) is 91.3 Å². The van der Waals surface area contributed by atoms with Crippen molar-refractivity contribution in [3.05, 3.63) is 83.4 Å². The fraction of sp³-hybridized carbons (Fsp3) is 0.355. The van der Waals surface area contributed by atoms with Crippen LogP contribution in [0.25, 0.3) is 0 Å². The second-order valence-corrected chi connectivity index (χ2v) is 11.4. The number of thioether (sulfide) groups is 1. The Morgan fingerprint density at radius 3 is 2.37 bits per heavy atom. The van der Waals surface area contributed by atoms with Crippen LogP contribution in [0.5, 0.6) is 5.75 Å². The number of carbonyl (C=O) groups is 2. The summed E-state index contributed by atoms with van der Waals surface area (Å²) in [6.45, 7) is 6.99. The van der Waals surface area contributed by atoms with Gasteiger partial charge in [0.25, 0.3) is 0 Å². The molecule has 2 N–H and O–H groups in total. The summed E-state index contributed by atoms with van der Waals surface area (Å²) in [4.78, 5) is 29.7. The second kappa shape index (κ2) is 15.0. The van der Waals surface area contributed by atoms with Crippen molar-refractivity contribution in [2.24, 2.45) is 0 Å². The number of nitrogens with zero attached hydrogens (tertiary/aromatic N) is 2. The Labute approximate surface area is 250 Å². The van der Waals surface area contributed by atoms with Gasteiger partial charge in [-0.3, -0.25) is 9.69 Å². The SMILES string of the molecule is COc1ccc(C(Sc2cc(Cl)ccc2NCCCN2CCN(c3ccccc3)CC2)C(OC(C)=O)C(=O)O)cc1. The van der Waals surface area contributed by atoms with Gasteiger partial charge in [0.2, 0.25) is 6.10 Å². The Hall–Kier alpha value is -3.40. The Morgan fingerprint density at radius 2 is 1.73 bits per heavy atom. The maximum Gasteiger partial charge on any atom is 0.346 e. The number of methoxy groups -OCH3 is 1. The first-order valence-corrected chi connectivity index (χ1v) is 14.9. The van der Waals surface area contributed by atoms with Gasteiger partial charge in [-0.25, -0.2) is 4.79 Å². The number of aliphatic carboxylic acids is 1. The summed E-state index contributed by atoms with van der Waals surface area (Å²) in [7, 11) is 1.56. The molecule has 3 aromatic rings. The number of piperazine rings is 1. The Balaban J connectivity index is 1.40. The molecule has 2 atom stereocenters. The lowest BCUT2D eigenvalue weighted by Crippen LogP contribution is -2.46. The van der Waals surface area contributed by atoms with E-state index in [0.717, 1.165) is 56.3 Å². The summed E-state index contributed by atoms with van der Waals surface area (Å²) in [6.07, 6.45) is -0.446. The van der Waals surface area contributed by atoms with E-state index in [0.29, 0.717) is 16.3 Å². The van der Waals surface area contributed by atoms with Crippen molar-refractivity contribution in [1.29, 1.82) is 0 Å². The van der Waals surface area contributed by atoms with E-state index in [2.05, 4.69) is 39.4 Å². The van der Waals surface area contributed by atoms with Gasteiger partial charge in [-0.1, -0.05) is 41.9 Å². The second-order valence-electron chi connectivity index (χ2n) is 9.76. The van der Waals surface area contributed by atoms with Crippen LogP contribution in [0.4, 0.5) is 11.4 Å². The zero-order valence-corrected chi connectivity index (χ0v) is 24.9. The van der Waals surface area contributed by atoms with E-state index in [1.165, 1.54) is 24.4 Å². The summed E-state index contributed by atoms with van der Waals surface area (Å²) >= 11 is 7.66. The highest BCUT2D eigenvalue weighted by atomic mass is 35.5. The Bertz CT molecular complexity index is 1290. The molecule has 0 amide bonds. The third kappa shape index (κ3) is 8.79. The highest BCUT2D eigenvalue weighted by Gasteiger charge is 2.34. The fourth-order valence-electron chi connectivity index (χ4n) is 4.79. The van der Waals surface area contributed by atoms with Crippen molar-refractivity contribution in [2.45, 2.75) is 29.6 Å². The lowest BCUT2D eigenvalue weighted by atomic mass is 10.1. The van der Waals surface area contributed by atoms with E-state index in [1.54, 1.807) is 43.5 Å². The molecule has 4 rings (SSSR count). The molecule has 1 heterocycles. The van der Waals surface area contributed by atoms with Crippen molar-refractivity contribution in [2.75, 3.05) is 56.6 Å². The number of para-hydroxylation sites is 1. The van der Waals surface area contributed by atoms with Gasteiger partial charge in [-0.15, -0.1) is 11.8 Å². The molecule has 0 spiro atoms. The van der Waals surface area contributed by atoms with E-state index in [4.69, 9.17) is 21.1 Å². The summed E-state index contributed by atoms with van der Waals surface area (Å²) < 4.78 is 10.5. The van der Waals surface area contributed by atoms with Crippen LogP contribution in [0.1, 0.15) is 24.2 Å². The number of carboxylic acids is 1. The minimum absolute atomic E-state index is 0.530. The van der Waals surface area contributed by atoms with Gasteiger partial charge in [0.15, 0.2) is 0 Å². The van der Waals surface area contributed by atoms with E-state index in [-0.39, 0.29) is 0 Å². The number of carbonyl (C=O) groups excluding carboxylic acids is 1. The molecule has 8 nitrogen and oxygen atoms in total. The lowest BCUT2D eigenvalue weighted by molar-refractivity contribution is -0.162. The van der Waals surface area contributed by atoms with Crippen LogP contribution in [-0.4, -0.2) is 74.4 Å². The van der Waals surface area contributed by atoms with Crippen molar-refractivity contribution in [3.63, 3.8) is 0 Å². The molecular formula is C31H36ClN3O5S. The zero-order valence-electron chi connectivity index (χ0n) is 23.3. The number of rotatable bonds is 13. The molecule has 0 saturated carbocycles. The molecule has 2 unspecified atom stereocenters. The normalized spacial score (nSPS) is 15.1. The van der Waals surface area contributed by atoms with E-state index >= 15 is 0 Å². The molecule has 3 aromatic carbocycles. The smallest absolute Gasteiger partial charge is 0.346 e. The van der Waals surface area contributed by atoms with Gasteiger partial charge >= 0.3 is 11.9 Å². The number of carboxylic acid groups (broad SMARTS) is 1. The van der Waals surface area contributed by atoms with Crippen LogP contribution in [-0.2, 0) is 14.3 Å². The predicted octanol–water partition coefficient (Wildman–Crippen LogP) is 5.82. The molecule has 1 fully saturated rings. The summed E-state index contributed by atoms with van der Waals surface area (Å²) in [5.74, 6) is -1.24. The van der Waals surface area contributed by atoms with Gasteiger partial charge in [-0.05, 0) is 61.0 Å². The van der Waals surface area contributed by atoms with Gasteiger partial charge in [0, 0.05) is 60.9 Å².